The van der Waals surface area contributed by atoms with Gasteiger partial charge >= 0.3 is 0 Å². The summed E-state index contributed by atoms with van der Waals surface area (Å²) in [5.41, 5.74) is 0.824. The molecule has 3 rings (SSSR count). The highest BCUT2D eigenvalue weighted by Crippen LogP contribution is 2.30. The molecule has 33 heavy (non-hydrogen) atoms. The van der Waals surface area contributed by atoms with Gasteiger partial charge in [-0.2, -0.15) is 4.31 Å². The maximum atomic E-state index is 12.8. The summed E-state index contributed by atoms with van der Waals surface area (Å²) < 4.78 is 37.9. The van der Waals surface area contributed by atoms with Crippen LogP contribution in [0.3, 0.4) is 0 Å². The molecule has 3 aromatic rings. The van der Waals surface area contributed by atoms with Gasteiger partial charge in [-0.25, -0.2) is 8.42 Å². The Hall–Kier alpha value is -3.36. The summed E-state index contributed by atoms with van der Waals surface area (Å²) >= 11 is 0. The zero-order chi connectivity index (χ0) is 24.0. The van der Waals surface area contributed by atoms with Crippen molar-refractivity contribution in [2.24, 2.45) is 0 Å². The van der Waals surface area contributed by atoms with Gasteiger partial charge in [0.15, 0.2) is 5.75 Å². The number of sulfonamides is 1. The Labute approximate surface area is 195 Å². The molecule has 0 heterocycles. The molecule has 0 aliphatic rings. The molecule has 3 aromatic carbocycles. The summed E-state index contributed by atoms with van der Waals surface area (Å²) in [6, 6.07) is 20.0. The van der Waals surface area contributed by atoms with E-state index in [0.717, 1.165) is 5.75 Å². The van der Waals surface area contributed by atoms with E-state index < -0.39 is 10.0 Å². The van der Waals surface area contributed by atoms with E-state index in [-0.39, 0.29) is 16.8 Å². The van der Waals surface area contributed by atoms with Crippen LogP contribution in [0.15, 0.2) is 77.7 Å². The number of amides is 1. The third kappa shape index (κ3) is 5.91. The van der Waals surface area contributed by atoms with Crippen LogP contribution in [0, 0.1) is 0 Å². The summed E-state index contributed by atoms with van der Waals surface area (Å²) in [6.45, 7) is 6.09. The van der Waals surface area contributed by atoms with Gasteiger partial charge in [-0.05, 0) is 81.4 Å². The van der Waals surface area contributed by atoms with Crippen molar-refractivity contribution in [1.82, 2.24) is 4.31 Å². The molecule has 0 aromatic heterocycles. The Morgan fingerprint density at radius 1 is 0.939 bits per heavy atom. The number of para-hydroxylation sites is 2. The maximum absolute atomic E-state index is 12.8. The first-order chi connectivity index (χ1) is 15.7. The summed E-state index contributed by atoms with van der Waals surface area (Å²) in [4.78, 5) is 12.9. The summed E-state index contributed by atoms with van der Waals surface area (Å²) in [5, 5.41) is 2.83. The van der Waals surface area contributed by atoms with Gasteiger partial charge in [0.1, 0.15) is 11.5 Å². The molecule has 7 nitrogen and oxygen atoms in total. The average Bonchev–Trinajstić information content (AvgIpc) is 2.81. The van der Waals surface area contributed by atoms with Crippen molar-refractivity contribution in [3.63, 3.8) is 0 Å². The van der Waals surface area contributed by atoms with Crippen molar-refractivity contribution in [3.05, 3.63) is 78.4 Å². The van der Waals surface area contributed by atoms with Crippen LogP contribution in [0.4, 0.5) is 5.69 Å². The summed E-state index contributed by atoms with van der Waals surface area (Å²) in [6.07, 6.45) is 0. The maximum Gasteiger partial charge on any atom is 0.255 e. The highest BCUT2D eigenvalue weighted by molar-refractivity contribution is 7.89. The van der Waals surface area contributed by atoms with E-state index in [2.05, 4.69) is 5.32 Å². The molecule has 0 saturated carbocycles. The number of ether oxygens (including phenoxy) is 2. The second kappa shape index (κ2) is 10.5. The molecular weight excluding hydrogens is 440 g/mol. The molecule has 8 heteroatoms. The van der Waals surface area contributed by atoms with Crippen LogP contribution in [-0.4, -0.2) is 38.3 Å². The lowest BCUT2D eigenvalue weighted by molar-refractivity contribution is 0.102. The lowest BCUT2D eigenvalue weighted by atomic mass is 10.2. The topological polar surface area (TPSA) is 84.9 Å². The summed E-state index contributed by atoms with van der Waals surface area (Å²) in [5.74, 6) is 1.45. The Bertz CT molecular complexity index is 1190. The second-order valence-corrected chi connectivity index (χ2v) is 9.59. The van der Waals surface area contributed by atoms with Crippen molar-refractivity contribution in [2.45, 2.75) is 31.7 Å². The zero-order valence-corrected chi connectivity index (χ0v) is 19.9. The van der Waals surface area contributed by atoms with Gasteiger partial charge in [0, 0.05) is 18.7 Å². The van der Waals surface area contributed by atoms with Crippen molar-refractivity contribution in [1.29, 1.82) is 0 Å². The van der Waals surface area contributed by atoms with Crippen molar-refractivity contribution in [3.8, 4) is 17.2 Å². The predicted octanol–water partition coefficient (Wildman–Crippen LogP) is 5.16. The van der Waals surface area contributed by atoms with E-state index >= 15 is 0 Å². The molecule has 0 aliphatic carbocycles. The van der Waals surface area contributed by atoms with Crippen molar-refractivity contribution in [2.75, 3.05) is 19.0 Å². The standard InChI is InChI=1S/C25H28N2O5S/c1-5-31-20-12-14-21(15-13-20)32-24-9-7-6-8-23(24)26-25(28)19-10-16-22(17-11-19)33(29,30)27(4)18(2)3/h6-18H,5H2,1-4H3,(H,26,28). The Kier molecular flexibility index (Phi) is 7.73. The van der Waals surface area contributed by atoms with Gasteiger partial charge in [-0.3, -0.25) is 4.79 Å². The van der Waals surface area contributed by atoms with E-state index in [1.54, 1.807) is 44.2 Å². The zero-order valence-electron chi connectivity index (χ0n) is 19.1. The molecule has 0 fully saturated rings. The minimum atomic E-state index is -3.62. The van der Waals surface area contributed by atoms with Gasteiger partial charge < -0.3 is 14.8 Å². The number of carbonyl (C=O) groups excluding carboxylic acids is 1. The number of nitrogens with zero attached hydrogens (tertiary/aromatic N) is 1. The number of benzene rings is 3. The highest BCUT2D eigenvalue weighted by atomic mass is 32.2. The largest absolute Gasteiger partial charge is 0.494 e. The van der Waals surface area contributed by atoms with E-state index in [4.69, 9.17) is 9.47 Å². The monoisotopic (exact) mass is 468 g/mol. The molecule has 0 unspecified atom stereocenters. The molecular formula is C25H28N2O5S. The van der Waals surface area contributed by atoms with Gasteiger partial charge in [-0.1, -0.05) is 12.1 Å². The van der Waals surface area contributed by atoms with Crippen molar-refractivity contribution >= 4 is 21.6 Å². The number of hydrogen-bond acceptors (Lipinski definition) is 5. The van der Waals surface area contributed by atoms with Gasteiger partial charge in [0.2, 0.25) is 10.0 Å². The molecule has 174 valence electrons. The first-order valence-corrected chi connectivity index (χ1v) is 12.1. The third-order valence-corrected chi connectivity index (χ3v) is 7.07. The number of nitrogens with one attached hydrogen (secondary N) is 1. The Morgan fingerprint density at radius 3 is 2.15 bits per heavy atom. The Balaban J connectivity index is 1.74. The fraction of sp³-hybridized carbons (Fsp3) is 0.240. The van der Waals surface area contributed by atoms with E-state index in [1.807, 2.05) is 25.1 Å². The van der Waals surface area contributed by atoms with Crippen LogP contribution in [0.5, 0.6) is 17.2 Å². The number of anilines is 1. The molecule has 0 spiro atoms. The van der Waals surface area contributed by atoms with Crippen LogP contribution in [0.2, 0.25) is 0 Å². The van der Waals surface area contributed by atoms with Gasteiger partial charge in [-0.15, -0.1) is 0 Å². The van der Waals surface area contributed by atoms with Crippen molar-refractivity contribution < 1.29 is 22.7 Å². The third-order valence-electron chi connectivity index (χ3n) is 5.02. The normalized spacial score (nSPS) is 11.5. The lowest BCUT2D eigenvalue weighted by Crippen LogP contribution is -2.33. The smallest absolute Gasteiger partial charge is 0.255 e. The SMILES string of the molecule is CCOc1ccc(Oc2ccccc2NC(=O)c2ccc(S(=O)(=O)N(C)C(C)C)cc2)cc1. The average molecular weight is 469 g/mol. The van der Waals surface area contributed by atoms with Crippen LogP contribution < -0.4 is 14.8 Å². The molecule has 0 saturated heterocycles. The minimum absolute atomic E-state index is 0.134. The van der Waals surface area contributed by atoms with Crippen LogP contribution in [0.1, 0.15) is 31.1 Å². The van der Waals surface area contributed by atoms with Crippen LogP contribution in [-0.2, 0) is 10.0 Å². The number of rotatable bonds is 9. The first kappa shape index (κ1) is 24.3. The van der Waals surface area contributed by atoms with Gasteiger partial charge in [0.05, 0.1) is 17.2 Å². The Morgan fingerprint density at radius 2 is 1.55 bits per heavy atom. The molecule has 1 amide bonds. The molecule has 0 radical (unpaired) electrons. The molecule has 0 aliphatic heterocycles. The van der Waals surface area contributed by atoms with E-state index in [1.165, 1.54) is 35.6 Å². The van der Waals surface area contributed by atoms with Gasteiger partial charge in [0.25, 0.3) is 5.91 Å². The highest BCUT2D eigenvalue weighted by Gasteiger charge is 2.23. The predicted molar refractivity (Wildman–Crippen MR) is 129 cm³/mol. The van der Waals surface area contributed by atoms with Crippen LogP contribution >= 0.6 is 0 Å². The summed E-state index contributed by atoms with van der Waals surface area (Å²) in [7, 11) is -2.09. The molecule has 0 atom stereocenters. The second-order valence-electron chi connectivity index (χ2n) is 7.60. The minimum Gasteiger partial charge on any atom is -0.494 e. The fourth-order valence-corrected chi connectivity index (χ4v) is 4.34. The van der Waals surface area contributed by atoms with Crippen LogP contribution in [0.25, 0.3) is 0 Å². The quantitative estimate of drug-likeness (QED) is 0.469. The van der Waals surface area contributed by atoms with E-state index in [0.29, 0.717) is 29.4 Å². The fourth-order valence-electron chi connectivity index (χ4n) is 2.97. The molecule has 0 bridgehead atoms. The number of carbonyl (C=O) groups is 1. The lowest BCUT2D eigenvalue weighted by Gasteiger charge is -2.21. The molecule has 1 N–H and O–H groups in total. The number of hydrogen-bond donors (Lipinski definition) is 1. The van der Waals surface area contributed by atoms with E-state index in [9.17, 15) is 13.2 Å². The first-order valence-electron chi connectivity index (χ1n) is 10.6.